The van der Waals surface area contributed by atoms with Crippen LogP contribution in [0, 0.1) is 0 Å². The topological polar surface area (TPSA) is 59.4 Å². The highest BCUT2D eigenvalue weighted by atomic mass is 16.5. The van der Waals surface area contributed by atoms with Crippen molar-refractivity contribution in [3.05, 3.63) is 35.9 Å². The monoisotopic (exact) mass is 259 g/mol. The first-order chi connectivity index (χ1) is 8.88. The Labute approximate surface area is 112 Å². The fraction of sp³-hybridized carbons (Fsp3) is 0.333. The van der Waals surface area contributed by atoms with E-state index in [4.69, 9.17) is 9.84 Å². The number of pyridine rings is 1. The molecule has 0 aliphatic rings. The summed E-state index contributed by atoms with van der Waals surface area (Å²) in [5.74, 6) is -0.608. The second-order valence-electron chi connectivity index (χ2n) is 5.47. The molecule has 1 aromatic carbocycles. The van der Waals surface area contributed by atoms with E-state index in [-0.39, 0.29) is 12.0 Å². The first-order valence-corrected chi connectivity index (χ1v) is 6.13. The maximum Gasteiger partial charge on any atom is 0.341 e. The van der Waals surface area contributed by atoms with Crippen LogP contribution in [0.25, 0.3) is 10.9 Å². The summed E-state index contributed by atoms with van der Waals surface area (Å²) < 4.78 is 5.32. The minimum Gasteiger partial charge on any atom is -0.479 e. The van der Waals surface area contributed by atoms with Gasteiger partial charge in [0.25, 0.3) is 0 Å². The number of carbonyl (C=O) groups is 1. The van der Waals surface area contributed by atoms with Gasteiger partial charge in [-0.05, 0) is 17.5 Å². The van der Waals surface area contributed by atoms with Gasteiger partial charge in [0.1, 0.15) is 0 Å². The Kier molecular flexibility index (Phi) is 3.42. The van der Waals surface area contributed by atoms with E-state index in [2.05, 4.69) is 4.98 Å². The van der Waals surface area contributed by atoms with Crippen LogP contribution >= 0.6 is 0 Å². The molecule has 0 saturated carbocycles. The van der Waals surface area contributed by atoms with E-state index < -0.39 is 5.97 Å². The number of carboxylic acid groups (broad SMARTS) is 1. The summed E-state index contributed by atoms with van der Waals surface area (Å²) in [5, 5.41) is 9.75. The van der Waals surface area contributed by atoms with Crippen LogP contribution in [0.15, 0.2) is 30.3 Å². The summed E-state index contributed by atoms with van der Waals surface area (Å²) in [4.78, 5) is 15.1. The van der Waals surface area contributed by atoms with Gasteiger partial charge in [0.2, 0.25) is 5.88 Å². The Morgan fingerprint density at radius 2 is 2.00 bits per heavy atom. The molecule has 2 aromatic rings. The number of hydrogen-bond acceptors (Lipinski definition) is 3. The fourth-order valence-corrected chi connectivity index (χ4v) is 1.88. The molecule has 0 bridgehead atoms. The molecule has 1 heterocycles. The zero-order valence-corrected chi connectivity index (χ0v) is 11.3. The normalized spacial score (nSPS) is 11.5. The number of aliphatic carboxylic acids is 1. The molecule has 0 amide bonds. The fourth-order valence-electron chi connectivity index (χ4n) is 1.88. The predicted molar refractivity (Wildman–Crippen MR) is 73.6 cm³/mol. The third-order valence-corrected chi connectivity index (χ3v) is 2.83. The van der Waals surface area contributed by atoms with Crippen molar-refractivity contribution in [2.75, 3.05) is 6.61 Å². The number of ether oxygens (including phenoxy) is 1. The van der Waals surface area contributed by atoms with Crippen molar-refractivity contribution in [3.63, 3.8) is 0 Å². The Hall–Kier alpha value is -2.10. The predicted octanol–water partition coefficient (Wildman–Crippen LogP) is 3.00. The van der Waals surface area contributed by atoms with Crippen LogP contribution in [0.3, 0.4) is 0 Å². The molecule has 19 heavy (non-hydrogen) atoms. The van der Waals surface area contributed by atoms with Crippen molar-refractivity contribution >= 4 is 16.9 Å². The van der Waals surface area contributed by atoms with Crippen molar-refractivity contribution in [1.82, 2.24) is 4.98 Å². The minimum absolute atomic E-state index is 0.162. The van der Waals surface area contributed by atoms with Gasteiger partial charge in [0.05, 0.1) is 5.52 Å². The first kappa shape index (κ1) is 13.3. The second kappa shape index (κ2) is 4.88. The van der Waals surface area contributed by atoms with Crippen molar-refractivity contribution in [2.45, 2.75) is 26.2 Å². The lowest BCUT2D eigenvalue weighted by Crippen LogP contribution is -2.17. The molecule has 4 nitrogen and oxygen atoms in total. The summed E-state index contributed by atoms with van der Waals surface area (Å²) in [7, 11) is 0. The molecule has 2 rings (SSSR count). The van der Waals surface area contributed by atoms with Gasteiger partial charge in [-0.15, -0.1) is 0 Å². The summed E-state index contributed by atoms with van der Waals surface area (Å²) in [6, 6.07) is 9.73. The highest BCUT2D eigenvalue weighted by Crippen LogP contribution is 2.32. The maximum absolute atomic E-state index is 10.6. The number of hydrogen-bond donors (Lipinski definition) is 1. The average molecular weight is 259 g/mol. The third kappa shape index (κ3) is 3.02. The second-order valence-corrected chi connectivity index (χ2v) is 5.47. The number of para-hydroxylation sites is 1. The van der Waals surface area contributed by atoms with Crippen LogP contribution in [0.2, 0.25) is 0 Å². The van der Waals surface area contributed by atoms with E-state index in [0.29, 0.717) is 5.88 Å². The lowest BCUT2D eigenvalue weighted by molar-refractivity contribution is -0.139. The average Bonchev–Trinajstić information content (AvgIpc) is 2.34. The Bertz CT molecular complexity index is 614. The van der Waals surface area contributed by atoms with Gasteiger partial charge in [-0.1, -0.05) is 39.0 Å². The van der Waals surface area contributed by atoms with Crippen LogP contribution in [0.1, 0.15) is 26.3 Å². The van der Waals surface area contributed by atoms with Gasteiger partial charge in [-0.25, -0.2) is 9.78 Å². The molecule has 0 aliphatic carbocycles. The third-order valence-electron chi connectivity index (χ3n) is 2.83. The van der Waals surface area contributed by atoms with Gasteiger partial charge in [0.15, 0.2) is 6.61 Å². The molecule has 0 radical (unpaired) electrons. The summed E-state index contributed by atoms with van der Waals surface area (Å²) in [6.07, 6.45) is 0. The Balaban J connectivity index is 2.54. The molecule has 0 unspecified atom stereocenters. The molecule has 100 valence electrons. The van der Waals surface area contributed by atoms with E-state index in [9.17, 15) is 4.79 Å². The highest BCUT2D eigenvalue weighted by Gasteiger charge is 2.21. The van der Waals surface area contributed by atoms with Crippen molar-refractivity contribution < 1.29 is 14.6 Å². The SMILES string of the molecule is CC(C)(C)c1cc2ccccc2nc1OCC(=O)O. The summed E-state index contributed by atoms with van der Waals surface area (Å²) in [6.45, 7) is 5.76. The molecule has 4 heteroatoms. The summed E-state index contributed by atoms with van der Waals surface area (Å²) in [5.41, 5.74) is 1.55. The van der Waals surface area contributed by atoms with Crippen LogP contribution in [0.5, 0.6) is 5.88 Å². The minimum atomic E-state index is -1.00. The lowest BCUT2D eigenvalue weighted by atomic mass is 9.87. The molecule has 1 N–H and O–H groups in total. The molecular formula is C15H17NO3. The number of benzene rings is 1. The summed E-state index contributed by atoms with van der Waals surface area (Å²) >= 11 is 0. The molecule has 0 atom stereocenters. The Morgan fingerprint density at radius 1 is 1.32 bits per heavy atom. The largest absolute Gasteiger partial charge is 0.479 e. The highest BCUT2D eigenvalue weighted by molar-refractivity contribution is 5.80. The zero-order chi connectivity index (χ0) is 14.0. The van der Waals surface area contributed by atoms with Gasteiger partial charge < -0.3 is 9.84 Å². The van der Waals surface area contributed by atoms with E-state index in [1.54, 1.807) is 0 Å². The molecule has 0 aliphatic heterocycles. The molecule has 1 aromatic heterocycles. The maximum atomic E-state index is 10.6. The smallest absolute Gasteiger partial charge is 0.341 e. The van der Waals surface area contributed by atoms with Gasteiger partial charge >= 0.3 is 5.97 Å². The van der Waals surface area contributed by atoms with Crippen LogP contribution in [0.4, 0.5) is 0 Å². The van der Waals surface area contributed by atoms with E-state index in [1.807, 2.05) is 51.1 Å². The van der Waals surface area contributed by atoms with Crippen molar-refractivity contribution in [3.8, 4) is 5.88 Å². The van der Waals surface area contributed by atoms with E-state index >= 15 is 0 Å². The lowest BCUT2D eigenvalue weighted by Gasteiger charge is -2.22. The number of fused-ring (bicyclic) bond motifs is 1. The molecule has 0 fully saturated rings. The van der Waals surface area contributed by atoms with Crippen molar-refractivity contribution in [1.29, 1.82) is 0 Å². The standard InChI is InChI=1S/C15H17NO3/c1-15(2,3)11-8-10-6-4-5-7-12(10)16-14(11)19-9-13(17)18/h4-8H,9H2,1-3H3,(H,17,18). The molecule has 0 spiro atoms. The van der Waals surface area contributed by atoms with Crippen LogP contribution in [-0.2, 0) is 10.2 Å². The molecular weight excluding hydrogens is 242 g/mol. The Morgan fingerprint density at radius 3 is 2.63 bits per heavy atom. The first-order valence-electron chi connectivity index (χ1n) is 6.13. The number of carboxylic acids is 1. The van der Waals surface area contributed by atoms with Gasteiger partial charge in [0, 0.05) is 10.9 Å². The zero-order valence-electron chi connectivity index (χ0n) is 11.3. The van der Waals surface area contributed by atoms with E-state index in [0.717, 1.165) is 16.5 Å². The van der Waals surface area contributed by atoms with E-state index in [1.165, 1.54) is 0 Å². The van der Waals surface area contributed by atoms with Crippen LogP contribution in [-0.4, -0.2) is 22.7 Å². The number of nitrogens with zero attached hydrogens (tertiary/aromatic N) is 1. The van der Waals surface area contributed by atoms with Gasteiger partial charge in [-0.2, -0.15) is 0 Å². The van der Waals surface area contributed by atoms with Crippen molar-refractivity contribution in [2.24, 2.45) is 0 Å². The number of rotatable bonds is 3. The quantitative estimate of drug-likeness (QED) is 0.920. The number of aromatic nitrogens is 1. The van der Waals surface area contributed by atoms with Crippen LogP contribution < -0.4 is 4.74 Å². The van der Waals surface area contributed by atoms with Gasteiger partial charge in [-0.3, -0.25) is 0 Å². The molecule has 0 saturated heterocycles.